The summed E-state index contributed by atoms with van der Waals surface area (Å²) in [4.78, 5) is 4.81. The van der Waals surface area contributed by atoms with E-state index in [1.807, 2.05) is 0 Å². The lowest BCUT2D eigenvalue weighted by Crippen LogP contribution is -2.44. The molecule has 1 aliphatic heterocycles. The number of hydrogen-bond donors (Lipinski definition) is 1. The molecule has 84 valence electrons. The smallest absolute Gasteiger partial charge is 0.0139 e. The Morgan fingerprint density at radius 1 is 1.50 bits per heavy atom. The van der Waals surface area contributed by atoms with E-state index >= 15 is 0 Å². The highest BCUT2D eigenvalue weighted by Gasteiger charge is 2.20. The Balaban J connectivity index is 2.28. The second-order valence-electron chi connectivity index (χ2n) is 5.01. The van der Waals surface area contributed by atoms with Gasteiger partial charge in [-0.05, 0) is 46.3 Å². The van der Waals surface area contributed by atoms with Gasteiger partial charge in [-0.25, -0.2) is 0 Å². The standard InChI is InChI=1S/C11H25N3/c1-10(12)7-14-6-4-5-11(9-14)8-13(2)3/h10-11H,4-9,12H2,1-3H3. The van der Waals surface area contributed by atoms with Gasteiger partial charge < -0.3 is 15.5 Å². The average Bonchev–Trinajstić information content (AvgIpc) is 2.01. The highest BCUT2D eigenvalue weighted by Crippen LogP contribution is 2.16. The summed E-state index contributed by atoms with van der Waals surface area (Å²) in [5, 5.41) is 0. The number of nitrogens with zero attached hydrogens (tertiary/aromatic N) is 2. The molecule has 0 spiro atoms. The van der Waals surface area contributed by atoms with Gasteiger partial charge in [0.15, 0.2) is 0 Å². The van der Waals surface area contributed by atoms with Crippen molar-refractivity contribution in [3.63, 3.8) is 0 Å². The highest BCUT2D eigenvalue weighted by atomic mass is 15.2. The molecule has 2 atom stereocenters. The molecule has 3 heteroatoms. The van der Waals surface area contributed by atoms with E-state index < -0.39 is 0 Å². The first-order chi connectivity index (χ1) is 6.58. The topological polar surface area (TPSA) is 32.5 Å². The molecule has 0 aromatic rings. The predicted octanol–water partition coefficient (Wildman–Crippen LogP) is 0.607. The zero-order chi connectivity index (χ0) is 10.6. The number of rotatable bonds is 4. The van der Waals surface area contributed by atoms with Crippen LogP contribution in [0.25, 0.3) is 0 Å². The number of piperidine rings is 1. The predicted molar refractivity (Wildman–Crippen MR) is 61.4 cm³/mol. The molecule has 0 bridgehead atoms. The molecule has 0 radical (unpaired) electrons. The van der Waals surface area contributed by atoms with Crippen LogP contribution in [0.5, 0.6) is 0 Å². The van der Waals surface area contributed by atoms with Crippen LogP contribution in [0.15, 0.2) is 0 Å². The van der Waals surface area contributed by atoms with Gasteiger partial charge in [0, 0.05) is 25.7 Å². The molecule has 0 aromatic carbocycles. The van der Waals surface area contributed by atoms with Gasteiger partial charge >= 0.3 is 0 Å². The SMILES string of the molecule is CC(N)CN1CCCC(CN(C)C)C1. The van der Waals surface area contributed by atoms with Gasteiger partial charge in [0.25, 0.3) is 0 Å². The lowest BCUT2D eigenvalue weighted by atomic mass is 9.97. The van der Waals surface area contributed by atoms with Crippen molar-refractivity contribution in [1.29, 1.82) is 0 Å². The maximum Gasteiger partial charge on any atom is 0.0139 e. The van der Waals surface area contributed by atoms with Gasteiger partial charge in [0.05, 0.1) is 0 Å². The minimum Gasteiger partial charge on any atom is -0.327 e. The van der Waals surface area contributed by atoms with E-state index in [1.54, 1.807) is 0 Å². The first-order valence-corrected chi connectivity index (χ1v) is 5.70. The van der Waals surface area contributed by atoms with Gasteiger partial charge in [-0.15, -0.1) is 0 Å². The van der Waals surface area contributed by atoms with Crippen LogP contribution in [0, 0.1) is 5.92 Å². The summed E-state index contributed by atoms with van der Waals surface area (Å²) in [5.41, 5.74) is 5.82. The zero-order valence-corrected chi connectivity index (χ0v) is 9.87. The van der Waals surface area contributed by atoms with Crippen LogP contribution in [0.2, 0.25) is 0 Å². The van der Waals surface area contributed by atoms with Crippen LogP contribution in [0.3, 0.4) is 0 Å². The van der Waals surface area contributed by atoms with Crippen LogP contribution >= 0.6 is 0 Å². The fraction of sp³-hybridized carbons (Fsp3) is 1.00. The average molecular weight is 199 g/mol. The molecule has 0 aliphatic carbocycles. The van der Waals surface area contributed by atoms with Crippen molar-refractivity contribution in [3.05, 3.63) is 0 Å². The monoisotopic (exact) mass is 199 g/mol. The van der Waals surface area contributed by atoms with E-state index in [4.69, 9.17) is 5.73 Å². The van der Waals surface area contributed by atoms with Crippen molar-refractivity contribution >= 4 is 0 Å². The third-order valence-electron chi connectivity index (χ3n) is 2.77. The lowest BCUT2D eigenvalue weighted by molar-refractivity contribution is 0.146. The molecule has 0 aromatic heterocycles. The van der Waals surface area contributed by atoms with E-state index in [0.717, 1.165) is 12.5 Å². The molecule has 1 fully saturated rings. The van der Waals surface area contributed by atoms with Gasteiger partial charge in [-0.1, -0.05) is 0 Å². The van der Waals surface area contributed by atoms with Crippen molar-refractivity contribution in [1.82, 2.24) is 9.80 Å². The van der Waals surface area contributed by atoms with Crippen molar-refractivity contribution in [3.8, 4) is 0 Å². The van der Waals surface area contributed by atoms with Crippen LogP contribution in [0.1, 0.15) is 19.8 Å². The summed E-state index contributed by atoms with van der Waals surface area (Å²) >= 11 is 0. The van der Waals surface area contributed by atoms with Gasteiger partial charge in [0.2, 0.25) is 0 Å². The maximum atomic E-state index is 5.82. The van der Waals surface area contributed by atoms with Crippen LogP contribution in [-0.4, -0.2) is 56.1 Å². The van der Waals surface area contributed by atoms with Crippen molar-refractivity contribution in [2.75, 3.05) is 40.3 Å². The Kier molecular flexibility index (Phi) is 4.85. The normalized spacial score (nSPS) is 26.8. The summed E-state index contributed by atoms with van der Waals surface area (Å²) in [7, 11) is 4.31. The van der Waals surface area contributed by atoms with Gasteiger partial charge in [-0.2, -0.15) is 0 Å². The molecule has 0 saturated carbocycles. The molecular formula is C11H25N3. The van der Waals surface area contributed by atoms with Crippen LogP contribution < -0.4 is 5.73 Å². The molecule has 1 aliphatic rings. The maximum absolute atomic E-state index is 5.82. The molecule has 1 rings (SSSR count). The zero-order valence-electron chi connectivity index (χ0n) is 9.87. The number of nitrogens with two attached hydrogens (primary N) is 1. The van der Waals surface area contributed by atoms with Crippen molar-refractivity contribution < 1.29 is 0 Å². The van der Waals surface area contributed by atoms with E-state index in [0.29, 0.717) is 6.04 Å². The fourth-order valence-electron chi connectivity index (χ4n) is 2.39. The Labute approximate surface area is 88.2 Å². The van der Waals surface area contributed by atoms with Crippen LogP contribution in [-0.2, 0) is 0 Å². The quantitative estimate of drug-likeness (QED) is 0.720. The minimum atomic E-state index is 0.313. The van der Waals surface area contributed by atoms with Crippen molar-refractivity contribution in [2.24, 2.45) is 11.7 Å². The summed E-state index contributed by atoms with van der Waals surface area (Å²) in [5.74, 6) is 0.845. The third-order valence-corrected chi connectivity index (χ3v) is 2.77. The third kappa shape index (κ3) is 4.40. The second kappa shape index (κ2) is 5.69. The summed E-state index contributed by atoms with van der Waals surface area (Å²) in [6.45, 7) is 6.85. The fourth-order valence-corrected chi connectivity index (χ4v) is 2.39. The van der Waals surface area contributed by atoms with E-state index in [9.17, 15) is 0 Å². The summed E-state index contributed by atoms with van der Waals surface area (Å²) in [6, 6.07) is 0.313. The molecule has 14 heavy (non-hydrogen) atoms. The number of hydrogen-bond acceptors (Lipinski definition) is 3. The highest BCUT2D eigenvalue weighted by molar-refractivity contribution is 4.76. The lowest BCUT2D eigenvalue weighted by Gasteiger charge is -2.34. The van der Waals surface area contributed by atoms with Crippen LogP contribution in [0.4, 0.5) is 0 Å². The van der Waals surface area contributed by atoms with E-state index in [2.05, 4.69) is 30.8 Å². The molecular weight excluding hydrogens is 174 g/mol. The molecule has 0 amide bonds. The van der Waals surface area contributed by atoms with Crippen molar-refractivity contribution in [2.45, 2.75) is 25.8 Å². The molecule has 2 N–H and O–H groups in total. The molecule has 1 heterocycles. The Bertz CT molecular complexity index is 141. The number of likely N-dealkylation sites (tertiary alicyclic amines) is 1. The Morgan fingerprint density at radius 3 is 2.79 bits per heavy atom. The van der Waals surface area contributed by atoms with E-state index in [-0.39, 0.29) is 0 Å². The Hall–Kier alpha value is -0.120. The van der Waals surface area contributed by atoms with Gasteiger partial charge in [-0.3, -0.25) is 0 Å². The molecule has 2 unspecified atom stereocenters. The first kappa shape index (κ1) is 12.0. The van der Waals surface area contributed by atoms with Gasteiger partial charge in [0.1, 0.15) is 0 Å². The summed E-state index contributed by atoms with van der Waals surface area (Å²) < 4.78 is 0. The summed E-state index contributed by atoms with van der Waals surface area (Å²) in [6.07, 6.45) is 2.72. The first-order valence-electron chi connectivity index (χ1n) is 5.70. The molecule has 1 saturated heterocycles. The molecule has 3 nitrogen and oxygen atoms in total. The Morgan fingerprint density at radius 2 is 2.21 bits per heavy atom. The van der Waals surface area contributed by atoms with E-state index in [1.165, 1.54) is 32.5 Å². The second-order valence-corrected chi connectivity index (χ2v) is 5.01. The largest absolute Gasteiger partial charge is 0.327 e. The minimum absolute atomic E-state index is 0.313.